The number of carbonyl (C=O) groups excluding carboxylic acids is 2. The molecule has 0 aromatic carbocycles. The molecule has 0 aliphatic carbocycles. The molecular formula is C16H20N2O4. The highest BCUT2D eigenvalue weighted by Gasteiger charge is 2.34. The van der Waals surface area contributed by atoms with E-state index in [1.54, 1.807) is 12.1 Å². The predicted octanol–water partition coefficient (Wildman–Crippen LogP) is 0.400. The number of carbonyl (C=O) groups is 2. The van der Waals surface area contributed by atoms with E-state index >= 15 is 0 Å². The first kappa shape index (κ1) is 15.0. The van der Waals surface area contributed by atoms with Crippen LogP contribution < -0.4 is 5.56 Å². The van der Waals surface area contributed by atoms with Crippen molar-refractivity contribution < 1.29 is 14.3 Å². The van der Waals surface area contributed by atoms with Gasteiger partial charge in [-0.2, -0.15) is 0 Å². The van der Waals surface area contributed by atoms with Gasteiger partial charge >= 0.3 is 5.97 Å². The van der Waals surface area contributed by atoms with E-state index in [1.165, 1.54) is 7.11 Å². The zero-order chi connectivity index (χ0) is 15.7. The summed E-state index contributed by atoms with van der Waals surface area (Å²) in [4.78, 5) is 37.1. The molecule has 0 amide bonds. The van der Waals surface area contributed by atoms with Gasteiger partial charge in [0.15, 0.2) is 5.78 Å². The van der Waals surface area contributed by atoms with E-state index in [9.17, 15) is 14.4 Å². The third-order valence-corrected chi connectivity index (χ3v) is 4.52. The van der Waals surface area contributed by atoms with Gasteiger partial charge in [-0.25, -0.2) is 0 Å². The minimum absolute atomic E-state index is 0.0578. The third-order valence-electron chi connectivity index (χ3n) is 4.52. The molecule has 2 aliphatic heterocycles. The minimum Gasteiger partial charge on any atom is -0.469 e. The molecular weight excluding hydrogens is 284 g/mol. The molecule has 6 nitrogen and oxygen atoms in total. The number of likely N-dealkylation sites (tertiary alicyclic amines) is 1. The Hall–Kier alpha value is -1.95. The average molecular weight is 304 g/mol. The van der Waals surface area contributed by atoms with Gasteiger partial charge < -0.3 is 9.30 Å². The lowest BCUT2D eigenvalue weighted by Gasteiger charge is -2.42. The molecule has 1 aromatic heterocycles. The van der Waals surface area contributed by atoms with Crippen molar-refractivity contribution in [3.8, 4) is 0 Å². The molecule has 3 heterocycles. The molecule has 118 valence electrons. The van der Waals surface area contributed by atoms with Crippen LogP contribution in [-0.4, -0.2) is 48.0 Å². The van der Waals surface area contributed by atoms with Crippen LogP contribution in [0.2, 0.25) is 0 Å². The quantitative estimate of drug-likeness (QED) is 0.595. The molecule has 2 bridgehead atoms. The van der Waals surface area contributed by atoms with E-state index in [4.69, 9.17) is 0 Å². The fourth-order valence-corrected chi connectivity index (χ4v) is 3.66. The minimum atomic E-state index is -0.487. The molecule has 0 radical (unpaired) electrons. The second kappa shape index (κ2) is 6.04. The number of ketones is 1. The van der Waals surface area contributed by atoms with Gasteiger partial charge in [0.1, 0.15) is 6.42 Å². The molecule has 0 N–H and O–H groups in total. The number of Topliss-reactive ketones (excluding diaryl/α,β-unsaturated/α-hetero) is 1. The second-order valence-corrected chi connectivity index (χ2v) is 6.18. The third kappa shape index (κ3) is 2.97. The summed E-state index contributed by atoms with van der Waals surface area (Å²) in [6.07, 6.45) is 0.892. The highest BCUT2D eigenvalue weighted by atomic mass is 16.5. The van der Waals surface area contributed by atoms with Gasteiger partial charge in [-0.05, 0) is 18.4 Å². The first-order valence-electron chi connectivity index (χ1n) is 7.57. The lowest BCUT2D eigenvalue weighted by Crippen LogP contribution is -2.48. The number of ether oxygens (including phenoxy) is 1. The van der Waals surface area contributed by atoms with Crippen LogP contribution in [0.15, 0.2) is 23.0 Å². The Morgan fingerprint density at radius 3 is 2.86 bits per heavy atom. The van der Waals surface area contributed by atoms with Crippen molar-refractivity contribution in [3.05, 3.63) is 34.2 Å². The summed E-state index contributed by atoms with van der Waals surface area (Å²) in [6, 6.07) is 5.40. The number of nitrogens with zero attached hydrogens (tertiary/aromatic N) is 2. The Balaban J connectivity index is 1.70. The zero-order valence-electron chi connectivity index (χ0n) is 12.7. The van der Waals surface area contributed by atoms with E-state index in [0.717, 1.165) is 25.2 Å². The largest absolute Gasteiger partial charge is 0.469 e. The standard InChI is InChI=1S/C16H20N2O4/c1-22-16(21)6-13(19)10-17-7-11-5-12(9-17)14-3-2-4-15(20)18(14)8-11/h2-4,11-12H,5-10H2,1H3. The molecule has 2 atom stereocenters. The number of pyridine rings is 1. The summed E-state index contributed by atoms with van der Waals surface area (Å²) in [5.74, 6) is 0.0704. The SMILES string of the molecule is COC(=O)CC(=O)CN1CC2CC(C1)c1cccc(=O)n1C2. The normalized spacial score (nSPS) is 23.7. The van der Waals surface area contributed by atoms with Crippen molar-refractivity contribution in [1.29, 1.82) is 0 Å². The molecule has 1 fully saturated rings. The van der Waals surface area contributed by atoms with Gasteiger partial charge in [-0.3, -0.25) is 19.3 Å². The molecule has 1 saturated heterocycles. The van der Waals surface area contributed by atoms with Gasteiger partial charge in [-0.15, -0.1) is 0 Å². The number of methoxy groups -OCH3 is 1. The molecule has 3 rings (SSSR count). The van der Waals surface area contributed by atoms with E-state index in [0.29, 0.717) is 12.5 Å². The summed E-state index contributed by atoms with van der Waals surface area (Å²) in [5.41, 5.74) is 1.12. The smallest absolute Gasteiger partial charge is 0.313 e. The van der Waals surface area contributed by atoms with E-state index < -0.39 is 5.97 Å². The van der Waals surface area contributed by atoms with Gasteiger partial charge in [-0.1, -0.05) is 6.07 Å². The molecule has 6 heteroatoms. The van der Waals surface area contributed by atoms with Crippen molar-refractivity contribution >= 4 is 11.8 Å². The second-order valence-electron chi connectivity index (χ2n) is 6.18. The van der Waals surface area contributed by atoms with E-state index in [1.807, 2.05) is 10.6 Å². The van der Waals surface area contributed by atoms with Crippen LogP contribution in [0, 0.1) is 5.92 Å². The van der Waals surface area contributed by atoms with E-state index in [2.05, 4.69) is 9.64 Å². The molecule has 0 saturated carbocycles. The average Bonchev–Trinajstić information content (AvgIpc) is 2.48. The summed E-state index contributed by atoms with van der Waals surface area (Å²) < 4.78 is 6.40. The summed E-state index contributed by atoms with van der Waals surface area (Å²) >= 11 is 0. The lowest BCUT2D eigenvalue weighted by molar-refractivity contribution is -0.143. The van der Waals surface area contributed by atoms with Crippen molar-refractivity contribution in [2.24, 2.45) is 5.92 Å². The number of rotatable bonds is 4. The van der Waals surface area contributed by atoms with Crippen LogP contribution in [0.1, 0.15) is 24.5 Å². The predicted molar refractivity (Wildman–Crippen MR) is 79.6 cm³/mol. The lowest BCUT2D eigenvalue weighted by atomic mass is 9.83. The summed E-state index contributed by atoms with van der Waals surface area (Å²) in [6.45, 7) is 2.55. The Morgan fingerprint density at radius 2 is 2.09 bits per heavy atom. The Labute approximate surface area is 128 Å². The van der Waals surface area contributed by atoms with Crippen molar-refractivity contribution in [1.82, 2.24) is 9.47 Å². The van der Waals surface area contributed by atoms with Crippen molar-refractivity contribution in [3.63, 3.8) is 0 Å². The maximum absolute atomic E-state index is 12.0. The first-order valence-corrected chi connectivity index (χ1v) is 7.57. The number of hydrogen-bond donors (Lipinski definition) is 0. The molecule has 22 heavy (non-hydrogen) atoms. The molecule has 0 spiro atoms. The van der Waals surface area contributed by atoms with Crippen LogP contribution in [0.3, 0.4) is 0 Å². The van der Waals surface area contributed by atoms with Gasteiger partial charge in [0.2, 0.25) is 0 Å². The Morgan fingerprint density at radius 1 is 1.27 bits per heavy atom. The maximum Gasteiger partial charge on any atom is 0.313 e. The maximum atomic E-state index is 12.0. The van der Waals surface area contributed by atoms with Crippen LogP contribution in [0.5, 0.6) is 0 Å². The fourth-order valence-electron chi connectivity index (χ4n) is 3.66. The van der Waals surface area contributed by atoms with Crippen LogP contribution in [0.4, 0.5) is 0 Å². The fraction of sp³-hybridized carbons (Fsp3) is 0.562. The summed E-state index contributed by atoms with van der Waals surface area (Å²) in [5, 5.41) is 0. The van der Waals surface area contributed by atoms with Gasteiger partial charge in [0.25, 0.3) is 5.56 Å². The number of hydrogen-bond acceptors (Lipinski definition) is 5. The molecule has 2 unspecified atom stereocenters. The number of piperidine rings is 1. The number of fused-ring (bicyclic) bond motifs is 4. The number of esters is 1. The van der Waals surface area contributed by atoms with E-state index in [-0.39, 0.29) is 30.2 Å². The highest BCUT2D eigenvalue weighted by Crippen LogP contribution is 2.34. The first-order chi connectivity index (χ1) is 10.6. The van der Waals surface area contributed by atoms with Crippen molar-refractivity contribution in [2.75, 3.05) is 26.7 Å². The Bertz CT molecular complexity index is 652. The van der Waals surface area contributed by atoms with Gasteiger partial charge in [0.05, 0.1) is 13.7 Å². The Kier molecular flexibility index (Phi) is 4.11. The van der Waals surface area contributed by atoms with Crippen LogP contribution in [-0.2, 0) is 20.9 Å². The summed E-state index contributed by atoms with van der Waals surface area (Å²) in [7, 11) is 1.29. The van der Waals surface area contributed by atoms with Crippen LogP contribution >= 0.6 is 0 Å². The van der Waals surface area contributed by atoms with Gasteiger partial charge in [0, 0.05) is 37.3 Å². The van der Waals surface area contributed by atoms with Crippen molar-refractivity contribution in [2.45, 2.75) is 25.3 Å². The zero-order valence-corrected chi connectivity index (χ0v) is 12.7. The molecule has 1 aromatic rings. The number of aromatic nitrogens is 1. The highest BCUT2D eigenvalue weighted by molar-refractivity contribution is 5.96. The topological polar surface area (TPSA) is 68.6 Å². The van der Waals surface area contributed by atoms with Crippen LogP contribution in [0.25, 0.3) is 0 Å². The monoisotopic (exact) mass is 304 g/mol. The molecule has 2 aliphatic rings.